The lowest BCUT2D eigenvalue weighted by molar-refractivity contribution is 0.762. The molecule has 12 heavy (non-hydrogen) atoms. The molecule has 0 heterocycles. The van der Waals surface area contributed by atoms with Crippen molar-refractivity contribution in [1.82, 2.24) is 0 Å². The molecule has 1 aromatic rings. The second-order valence-electron chi connectivity index (χ2n) is 3.22. The fraction of sp³-hybridized carbons (Fsp3) is 0.333. The van der Waals surface area contributed by atoms with E-state index in [0.717, 1.165) is 6.42 Å². The number of hydrogen-bond acceptors (Lipinski definition) is 0. The summed E-state index contributed by atoms with van der Waals surface area (Å²) in [5.41, 5.74) is 2.64. The third kappa shape index (κ3) is 1.97. The highest BCUT2D eigenvalue weighted by Gasteiger charge is 2.07. The van der Waals surface area contributed by atoms with Crippen LogP contribution in [0.1, 0.15) is 31.7 Å². The summed E-state index contributed by atoms with van der Waals surface area (Å²) in [6, 6.07) is 10.6. The van der Waals surface area contributed by atoms with Crippen LogP contribution in [0.4, 0.5) is 0 Å². The van der Waals surface area contributed by atoms with Gasteiger partial charge in [0.1, 0.15) is 0 Å². The van der Waals surface area contributed by atoms with E-state index in [1.807, 2.05) is 0 Å². The van der Waals surface area contributed by atoms with Gasteiger partial charge in [0.25, 0.3) is 0 Å². The van der Waals surface area contributed by atoms with Crippen LogP contribution in [0.3, 0.4) is 0 Å². The van der Waals surface area contributed by atoms with E-state index in [9.17, 15) is 0 Å². The number of rotatable bonds is 3. The molecule has 0 aliphatic carbocycles. The predicted octanol–water partition coefficient (Wildman–Crippen LogP) is 3.76. The Kier molecular flexibility index (Phi) is 3.09. The smallest absolute Gasteiger partial charge is 0.00400 e. The Balaban J connectivity index is 2.88. The third-order valence-corrected chi connectivity index (χ3v) is 2.21. The van der Waals surface area contributed by atoms with Crippen LogP contribution in [0.25, 0.3) is 0 Å². The van der Waals surface area contributed by atoms with E-state index in [2.05, 4.69) is 50.8 Å². The van der Waals surface area contributed by atoms with Crippen LogP contribution >= 0.6 is 0 Å². The van der Waals surface area contributed by atoms with Crippen molar-refractivity contribution in [3.05, 3.63) is 48.0 Å². The molecular formula is C12H16. The molecule has 1 atom stereocenters. The number of allylic oxidation sites excluding steroid dienone is 1. The van der Waals surface area contributed by atoms with Gasteiger partial charge in [-0.1, -0.05) is 49.4 Å². The molecule has 1 rings (SSSR count). The van der Waals surface area contributed by atoms with Crippen molar-refractivity contribution < 1.29 is 0 Å². The molecule has 0 bridgehead atoms. The first-order valence-electron chi connectivity index (χ1n) is 4.46. The van der Waals surface area contributed by atoms with Crippen molar-refractivity contribution in [2.45, 2.75) is 26.2 Å². The van der Waals surface area contributed by atoms with Crippen LogP contribution in [0.15, 0.2) is 42.5 Å². The van der Waals surface area contributed by atoms with E-state index in [0.29, 0.717) is 5.92 Å². The lowest BCUT2D eigenvalue weighted by atomic mass is 9.91. The van der Waals surface area contributed by atoms with Gasteiger partial charge < -0.3 is 0 Å². The number of benzene rings is 1. The van der Waals surface area contributed by atoms with E-state index >= 15 is 0 Å². The molecule has 0 saturated heterocycles. The van der Waals surface area contributed by atoms with Gasteiger partial charge in [-0.3, -0.25) is 0 Å². The molecule has 0 N–H and O–H groups in total. The largest absolute Gasteiger partial charge is 0.0995 e. The highest BCUT2D eigenvalue weighted by atomic mass is 14.1. The maximum absolute atomic E-state index is 4.00. The monoisotopic (exact) mass is 160 g/mol. The van der Waals surface area contributed by atoms with Crippen molar-refractivity contribution >= 4 is 0 Å². The summed E-state index contributed by atoms with van der Waals surface area (Å²) in [5.74, 6) is 0.534. The number of hydrogen-bond donors (Lipinski definition) is 0. The molecule has 0 spiro atoms. The molecule has 0 amide bonds. The second kappa shape index (κ2) is 4.10. The molecule has 0 radical (unpaired) electrons. The average molecular weight is 160 g/mol. The second-order valence-corrected chi connectivity index (χ2v) is 3.22. The van der Waals surface area contributed by atoms with E-state index < -0.39 is 0 Å². The standard InChI is InChI=1S/C12H16/c1-4-12(10(2)3)11-8-6-5-7-9-11/h5-9,12H,2,4H2,1,3H3/t12-/m0/s1. The summed E-state index contributed by atoms with van der Waals surface area (Å²) in [6.45, 7) is 8.30. The van der Waals surface area contributed by atoms with E-state index in [1.165, 1.54) is 11.1 Å². The van der Waals surface area contributed by atoms with Gasteiger partial charge >= 0.3 is 0 Å². The first-order chi connectivity index (χ1) is 5.75. The van der Waals surface area contributed by atoms with Crippen LogP contribution in [0.2, 0.25) is 0 Å². The normalized spacial score (nSPS) is 12.5. The molecule has 0 heteroatoms. The fourth-order valence-electron chi connectivity index (χ4n) is 1.55. The zero-order chi connectivity index (χ0) is 8.97. The first kappa shape index (κ1) is 9.05. The quantitative estimate of drug-likeness (QED) is 0.591. The van der Waals surface area contributed by atoms with Crippen LogP contribution < -0.4 is 0 Å². The Morgan fingerprint density at radius 2 is 1.92 bits per heavy atom. The SMILES string of the molecule is C=C(C)[C@H](CC)c1ccccc1. The van der Waals surface area contributed by atoms with Crippen molar-refractivity contribution in [2.75, 3.05) is 0 Å². The van der Waals surface area contributed by atoms with E-state index in [1.54, 1.807) is 0 Å². The van der Waals surface area contributed by atoms with Crippen LogP contribution in [-0.2, 0) is 0 Å². The molecule has 0 aliphatic rings. The Labute approximate surface area is 74.9 Å². The van der Waals surface area contributed by atoms with Crippen LogP contribution in [-0.4, -0.2) is 0 Å². The molecule has 1 aromatic carbocycles. The Bertz CT molecular complexity index is 246. The first-order valence-corrected chi connectivity index (χ1v) is 4.46. The zero-order valence-electron chi connectivity index (χ0n) is 7.88. The van der Waals surface area contributed by atoms with Gasteiger partial charge in [0.05, 0.1) is 0 Å². The molecule has 64 valence electrons. The summed E-state index contributed by atoms with van der Waals surface area (Å²) >= 11 is 0. The van der Waals surface area contributed by atoms with Crippen molar-refractivity contribution in [2.24, 2.45) is 0 Å². The minimum absolute atomic E-state index is 0.534. The van der Waals surface area contributed by atoms with Crippen molar-refractivity contribution in [3.63, 3.8) is 0 Å². The van der Waals surface area contributed by atoms with Gasteiger partial charge in [-0.2, -0.15) is 0 Å². The van der Waals surface area contributed by atoms with Gasteiger partial charge in [-0.25, -0.2) is 0 Å². The fourth-order valence-corrected chi connectivity index (χ4v) is 1.55. The zero-order valence-corrected chi connectivity index (χ0v) is 7.88. The molecule has 0 unspecified atom stereocenters. The Morgan fingerprint density at radius 1 is 1.33 bits per heavy atom. The van der Waals surface area contributed by atoms with Crippen LogP contribution in [0, 0.1) is 0 Å². The topological polar surface area (TPSA) is 0 Å². The maximum atomic E-state index is 4.00. The van der Waals surface area contributed by atoms with Gasteiger partial charge in [0.15, 0.2) is 0 Å². The van der Waals surface area contributed by atoms with Crippen molar-refractivity contribution in [3.8, 4) is 0 Å². The summed E-state index contributed by atoms with van der Waals surface area (Å²) < 4.78 is 0. The van der Waals surface area contributed by atoms with Gasteiger partial charge in [0, 0.05) is 5.92 Å². The molecule has 0 nitrogen and oxygen atoms in total. The summed E-state index contributed by atoms with van der Waals surface area (Å²) in [5, 5.41) is 0. The summed E-state index contributed by atoms with van der Waals surface area (Å²) in [6.07, 6.45) is 1.14. The minimum Gasteiger partial charge on any atom is -0.0995 e. The third-order valence-electron chi connectivity index (χ3n) is 2.21. The van der Waals surface area contributed by atoms with Crippen LogP contribution in [0.5, 0.6) is 0 Å². The lowest BCUT2D eigenvalue weighted by Gasteiger charge is -2.14. The molecule has 0 aliphatic heterocycles. The van der Waals surface area contributed by atoms with E-state index in [-0.39, 0.29) is 0 Å². The Hall–Kier alpha value is -1.04. The molecular weight excluding hydrogens is 144 g/mol. The Morgan fingerprint density at radius 3 is 2.33 bits per heavy atom. The maximum Gasteiger partial charge on any atom is 0.00400 e. The predicted molar refractivity (Wildman–Crippen MR) is 54.3 cm³/mol. The highest BCUT2D eigenvalue weighted by molar-refractivity contribution is 5.26. The van der Waals surface area contributed by atoms with E-state index in [4.69, 9.17) is 0 Å². The average Bonchev–Trinajstić information content (AvgIpc) is 2.07. The molecule has 0 fully saturated rings. The minimum atomic E-state index is 0.534. The van der Waals surface area contributed by atoms with Gasteiger partial charge in [-0.15, -0.1) is 0 Å². The summed E-state index contributed by atoms with van der Waals surface area (Å²) in [7, 11) is 0. The van der Waals surface area contributed by atoms with Gasteiger partial charge in [0.2, 0.25) is 0 Å². The van der Waals surface area contributed by atoms with Gasteiger partial charge in [-0.05, 0) is 18.9 Å². The molecule has 0 aromatic heterocycles. The van der Waals surface area contributed by atoms with Crippen molar-refractivity contribution in [1.29, 1.82) is 0 Å². The summed E-state index contributed by atoms with van der Waals surface area (Å²) in [4.78, 5) is 0. The highest BCUT2D eigenvalue weighted by Crippen LogP contribution is 2.25. The molecule has 0 saturated carbocycles. The lowest BCUT2D eigenvalue weighted by Crippen LogP contribution is -1.96.